The van der Waals surface area contributed by atoms with E-state index in [4.69, 9.17) is 11.6 Å². The van der Waals surface area contributed by atoms with E-state index in [9.17, 15) is 12.8 Å². The summed E-state index contributed by atoms with van der Waals surface area (Å²) in [4.78, 5) is 0.137. The van der Waals surface area contributed by atoms with Gasteiger partial charge in [-0.3, -0.25) is 4.31 Å². The predicted molar refractivity (Wildman–Crippen MR) is 107 cm³/mol. The molecule has 0 saturated heterocycles. The van der Waals surface area contributed by atoms with E-state index < -0.39 is 15.8 Å². The van der Waals surface area contributed by atoms with Gasteiger partial charge in [0.05, 0.1) is 17.1 Å². The standard InChI is InChI=1S/C21H19ClFNO2S/c1-15-8-6-13-21(16(15)2)24(14-18-19(22)11-7-12-20(18)23)27(25,26)17-9-4-3-5-10-17/h3-13H,14H2,1-2H3. The van der Waals surface area contributed by atoms with Crippen molar-refractivity contribution >= 4 is 27.3 Å². The molecule has 0 amide bonds. The van der Waals surface area contributed by atoms with E-state index in [0.717, 1.165) is 11.1 Å². The van der Waals surface area contributed by atoms with E-state index in [2.05, 4.69) is 0 Å². The normalized spacial score (nSPS) is 11.4. The summed E-state index contributed by atoms with van der Waals surface area (Å²) in [7, 11) is -3.92. The Bertz CT molecular complexity index is 1050. The van der Waals surface area contributed by atoms with E-state index >= 15 is 0 Å². The van der Waals surface area contributed by atoms with E-state index in [1.165, 1.54) is 28.6 Å². The largest absolute Gasteiger partial charge is 0.264 e. The number of hydrogen-bond donors (Lipinski definition) is 0. The highest BCUT2D eigenvalue weighted by molar-refractivity contribution is 7.92. The van der Waals surface area contributed by atoms with Gasteiger partial charge in [-0.15, -0.1) is 0 Å². The fourth-order valence-corrected chi connectivity index (χ4v) is 4.59. The molecule has 0 bridgehead atoms. The van der Waals surface area contributed by atoms with Crippen molar-refractivity contribution in [2.75, 3.05) is 4.31 Å². The van der Waals surface area contributed by atoms with Crippen molar-refractivity contribution in [1.29, 1.82) is 0 Å². The highest BCUT2D eigenvalue weighted by Gasteiger charge is 2.28. The van der Waals surface area contributed by atoms with Gasteiger partial charge in [0.15, 0.2) is 0 Å². The molecule has 0 radical (unpaired) electrons. The van der Waals surface area contributed by atoms with Gasteiger partial charge in [0.25, 0.3) is 10.0 Å². The minimum Gasteiger partial charge on any atom is -0.261 e. The van der Waals surface area contributed by atoms with Gasteiger partial charge < -0.3 is 0 Å². The van der Waals surface area contributed by atoms with Crippen LogP contribution in [0.4, 0.5) is 10.1 Å². The first-order chi connectivity index (χ1) is 12.8. The third kappa shape index (κ3) is 3.84. The summed E-state index contributed by atoms with van der Waals surface area (Å²) < 4.78 is 42.4. The molecule has 3 aromatic rings. The molecule has 0 aliphatic heterocycles. The Hall–Kier alpha value is -2.37. The van der Waals surface area contributed by atoms with Crippen molar-refractivity contribution in [2.45, 2.75) is 25.3 Å². The maximum Gasteiger partial charge on any atom is 0.264 e. The van der Waals surface area contributed by atoms with Crippen molar-refractivity contribution in [2.24, 2.45) is 0 Å². The monoisotopic (exact) mass is 403 g/mol. The second-order valence-electron chi connectivity index (χ2n) is 6.24. The second-order valence-corrected chi connectivity index (χ2v) is 8.51. The lowest BCUT2D eigenvalue weighted by atomic mass is 10.1. The molecule has 3 nitrogen and oxygen atoms in total. The van der Waals surface area contributed by atoms with Crippen LogP contribution >= 0.6 is 11.6 Å². The van der Waals surface area contributed by atoms with Crippen molar-refractivity contribution in [1.82, 2.24) is 0 Å². The summed E-state index contributed by atoms with van der Waals surface area (Å²) in [5.74, 6) is -0.541. The Morgan fingerprint density at radius 3 is 2.26 bits per heavy atom. The number of anilines is 1. The van der Waals surface area contributed by atoms with Gasteiger partial charge in [-0.1, -0.05) is 48.0 Å². The van der Waals surface area contributed by atoms with Gasteiger partial charge in [0, 0.05) is 10.6 Å². The lowest BCUT2D eigenvalue weighted by Gasteiger charge is -2.27. The summed E-state index contributed by atoms with van der Waals surface area (Å²) in [5, 5.41) is 0.188. The molecule has 27 heavy (non-hydrogen) atoms. The van der Waals surface area contributed by atoms with Crippen molar-refractivity contribution < 1.29 is 12.8 Å². The molecule has 0 saturated carbocycles. The fourth-order valence-electron chi connectivity index (χ4n) is 2.85. The maximum absolute atomic E-state index is 14.4. The van der Waals surface area contributed by atoms with Crippen molar-refractivity contribution in [3.63, 3.8) is 0 Å². The average molecular weight is 404 g/mol. The number of rotatable bonds is 5. The van der Waals surface area contributed by atoms with Crippen molar-refractivity contribution in [3.8, 4) is 0 Å². The molecule has 0 aliphatic rings. The average Bonchev–Trinajstić information content (AvgIpc) is 2.65. The number of halogens is 2. The molecular weight excluding hydrogens is 385 g/mol. The fraction of sp³-hybridized carbons (Fsp3) is 0.143. The van der Waals surface area contributed by atoms with Crippen LogP contribution in [0.3, 0.4) is 0 Å². The smallest absolute Gasteiger partial charge is 0.261 e. The van der Waals surface area contributed by atoms with Crippen LogP contribution in [0.2, 0.25) is 5.02 Å². The molecule has 3 rings (SSSR count). The summed E-state index contributed by atoms with van der Waals surface area (Å²) in [5.41, 5.74) is 2.39. The SMILES string of the molecule is Cc1cccc(N(Cc2c(F)cccc2Cl)S(=O)(=O)c2ccccc2)c1C. The topological polar surface area (TPSA) is 37.4 Å². The molecule has 0 spiro atoms. The van der Waals surface area contributed by atoms with E-state index in [0.29, 0.717) is 5.69 Å². The zero-order chi connectivity index (χ0) is 19.6. The number of nitrogens with zero attached hydrogens (tertiary/aromatic N) is 1. The number of aryl methyl sites for hydroxylation is 1. The zero-order valence-corrected chi connectivity index (χ0v) is 16.6. The highest BCUT2D eigenvalue weighted by atomic mass is 35.5. The van der Waals surface area contributed by atoms with Crippen LogP contribution in [-0.4, -0.2) is 8.42 Å². The van der Waals surface area contributed by atoms with E-state index in [-0.39, 0.29) is 22.0 Å². The Morgan fingerprint density at radius 1 is 0.926 bits per heavy atom. The first-order valence-electron chi connectivity index (χ1n) is 8.39. The van der Waals surface area contributed by atoms with Crippen LogP contribution in [0.15, 0.2) is 71.6 Å². The van der Waals surface area contributed by atoms with Crippen LogP contribution in [-0.2, 0) is 16.6 Å². The van der Waals surface area contributed by atoms with Gasteiger partial charge in [0.1, 0.15) is 5.82 Å². The summed E-state index contributed by atoms with van der Waals surface area (Å²) in [6, 6.07) is 17.8. The lowest BCUT2D eigenvalue weighted by Crippen LogP contribution is -2.31. The minimum atomic E-state index is -3.92. The Balaban J connectivity index is 2.20. The first kappa shape index (κ1) is 19.4. The molecule has 3 aromatic carbocycles. The quantitative estimate of drug-likeness (QED) is 0.564. The van der Waals surface area contributed by atoms with Gasteiger partial charge in [-0.2, -0.15) is 0 Å². The molecule has 0 unspecified atom stereocenters. The van der Waals surface area contributed by atoms with Gasteiger partial charge in [0.2, 0.25) is 0 Å². The molecule has 0 fully saturated rings. The van der Waals surface area contributed by atoms with Crippen LogP contribution in [0.25, 0.3) is 0 Å². The molecule has 0 aliphatic carbocycles. The summed E-state index contributed by atoms with van der Waals surface area (Å²) >= 11 is 6.17. The minimum absolute atomic E-state index is 0.137. The lowest BCUT2D eigenvalue weighted by molar-refractivity contribution is 0.585. The molecule has 0 atom stereocenters. The van der Waals surface area contributed by atoms with Crippen molar-refractivity contribution in [3.05, 3.63) is 94.3 Å². The molecule has 0 aromatic heterocycles. The number of hydrogen-bond acceptors (Lipinski definition) is 2. The van der Waals surface area contributed by atoms with Gasteiger partial charge in [-0.05, 0) is 55.3 Å². The third-order valence-corrected chi connectivity index (χ3v) is 6.67. The third-order valence-electron chi connectivity index (χ3n) is 4.54. The Kier molecular flexibility index (Phi) is 5.53. The Labute approximate surface area is 164 Å². The maximum atomic E-state index is 14.4. The van der Waals surface area contributed by atoms with Crippen LogP contribution in [0.5, 0.6) is 0 Å². The van der Waals surface area contributed by atoms with Crippen LogP contribution in [0, 0.1) is 19.7 Å². The molecule has 6 heteroatoms. The van der Waals surface area contributed by atoms with Gasteiger partial charge in [-0.25, -0.2) is 12.8 Å². The molecule has 0 heterocycles. The summed E-state index contributed by atoms with van der Waals surface area (Å²) in [6.07, 6.45) is 0. The molecule has 0 N–H and O–H groups in total. The number of sulfonamides is 1. The summed E-state index contributed by atoms with van der Waals surface area (Å²) in [6.45, 7) is 3.55. The second kappa shape index (κ2) is 7.71. The molecule has 140 valence electrons. The zero-order valence-electron chi connectivity index (χ0n) is 15.0. The van der Waals surface area contributed by atoms with Crippen LogP contribution in [0.1, 0.15) is 16.7 Å². The molecular formula is C21H19ClFNO2S. The highest BCUT2D eigenvalue weighted by Crippen LogP contribution is 2.32. The first-order valence-corrected chi connectivity index (χ1v) is 10.2. The van der Waals surface area contributed by atoms with E-state index in [1.54, 1.807) is 36.4 Å². The van der Waals surface area contributed by atoms with E-state index in [1.807, 2.05) is 19.9 Å². The van der Waals surface area contributed by atoms with Crippen LogP contribution < -0.4 is 4.31 Å². The van der Waals surface area contributed by atoms with Gasteiger partial charge >= 0.3 is 0 Å². The number of benzene rings is 3. The predicted octanol–water partition coefficient (Wildman–Crippen LogP) is 5.49. The Morgan fingerprint density at radius 2 is 1.59 bits per heavy atom.